The summed E-state index contributed by atoms with van der Waals surface area (Å²) in [5.74, 6) is -0.0914. The standard InChI is InChI=1S/C14H21ClN2O2/c1-10-7-11(2)14(12(15)8-10)17-13(18)9-16-5-4-6-19-3/h7-8,16H,4-6,9H2,1-3H3,(H,17,18). The lowest BCUT2D eigenvalue weighted by Crippen LogP contribution is -2.29. The number of rotatable bonds is 7. The summed E-state index contributed by atoms with van der Waals surface area (Å²) < 4.78 is 4.93. The summed E-state index contributed by atoms with van der Waals surface area (Å²) in [6, 6.07) is 3.84. The lowest BCUT2D eigenvalue weighted by Gasteiger charge is -2.12. The first kappa shape index (κ1) is 16.0. The molecule has 0 saturated carbocycles. The van der Waals surface area contributed by atoms with Crippen molar-refractivity contribution in [1.82, 2.24) is 5.32 Å². The molecule has 0 saturated heterocycles. The minimum absolute atomic E-state index is 0.0914. The summed E-state index contributed by atoms with van der Waals surface area (Å²) >= 11 is 6.13. The van der Waals surface area contributed by atoms with Gasteiger partial charge in [0, 0.05) is 13.7 Å². The van der Waals surface area contributed by atoms with Crippen molar-refractivity contribution in [2.45, 2.75) is 20.3 Å². The van der Waals surface area contributed by atoms with Crippen LogP contribution in [-0.2, 0) is 9.53 Å². The van der Waals surface area contributed by atoms with Gasteiger partial charge in [0.05, 0.1) is 17.3 Å². The highest BCUT2D eigenvalue weighted by atomic mass is 35.5. The second-order valence-electron chi connectivity index (χ2n) is 4.51. The molecule has 0 aliphatic rings. The summed E-state index contributed by atoms with van der Waals surface area (Å²) in [5, 5.41) is 6.46. The van der Waals surface area contributed by atoms with E-state index in [1.807, 2.05) is 26.0 Å². The fraction of sp³-hybridized carbons (Fsp3) is 0.500. The van der Waals surface area contributed by atoms with E-state index in [1.165, 1.54) is 0 Å². The van der Waals surface area contributed by atoms with E-state index in [0.717, 1.165) is 24.1 Å². The zero-order valence-electron chi connectivity index (χ0n) is 11.7. The van der Waals surface area contributed by atoms with Crippen molar-refractivity contribution in [2.75, 3.05) is 32.1 Å². The lowest BCUT2D eigenvalue weighted by atomic mass is 10.1. The van der Waals surface area contributed by atoms with Crippen LogP contribution in [0.5, 0.6) is 0 Å². The molecule has 2 N–H and O–H groups in total. The number of carbonyl (C=O) groups excluding carboxylic acids is 1. The van der Waals surface area contributed by atoms with Crippen molar-refractivity contribution in [2.24, 2.45) is 0 Å². The SMILES string of the molecule is COCCCNCC(=O)Nc1c(C)cc(C)cc1Cl. The largest absolute Gasteiger partial charge is 0.385 e. The van der Waals surface area contributed by atoms with Crippen LogP contribution in [0.25, 0.3) is 0 Å². The molecule has 19 heavy (non-hydrogen) atoms. The summed E-state index contributed by atoms with van der Waals surface area (Å²) in [7, 11) is 1.66. The van der Waals surface area contributed by atoms with Crippen LogP contribution in [0.4, 0.5) is 5.69 Å². The molecule has 1 aromatic carbocycles. The number of hydrogen-bond acceptors (Lipinski definition) is 3. The first-order valence-corrected chi connectivity index (χ1v) is 6.68. The molecule has 0 heterocycles. The first-order valence-electron chi connectivity index (χ1n) is 6.31. The van der Waals surface area contributed by atoms with Crippen LogP contribution in [0.2, 0.25) is 5.02 Å². The molecule has 0 fully saturated rings. The Bertz CT molecular complexity index is 412. The van der Waals surface area contributed by atoms with Gasteiger partial charge in [0.15, 0.2) is 0 Å². The van der Waals surface area contributed by atoms with Crippen molar-refractivity contribution in [1.29, 1.82) is 0 Å². The van der Waals surface area contributed by atoms with E-state index in [0.29, 0.717) is 17.3 Å². The second kappa shape index (κ2) is 8.15. The quantitative estimate of drug-likeness (QED) is 0.757. The van der Waals surface area contributed by atoms with Crippen LogP contribution in [-0.4, -0.2) is 32.7 Å². The third-order valence-electron chi connectivity index (χ3n) is 2.68. The Hall–Kier alpha value is -1.10. The minimum atomic E-state index is -0.0914. The summed E-state index contributed by atoms with van der Waals surface area (Å²) in [4.78, 5) is 11.8. The normalized spacial score (nSPS) is 10.5. The Morgan fingerprint density at radius 1 is 1.37 bits per heavy atom. The van der Waals surface area contributed by atoms with Gasteiger partial charge in [0.1, 0.15) is 0 Å². The molecule has 106 valence electrons. The van der Waals surface area contributed by atoms with Gasteiger partial charge in [0.25, 0.3) is 0 Å². The second-order valence-corrected chi connectivity index (χ2v) is 4.92. The van der Waals surface area contributed by atoms with E-state index >= 15 is 0 Å². The van der Waals surface area contributed by atoms with Gasteiger partial charge in [-0.1, -0.05) is 17.7 Å². The number of benzene rings is 1. The highest BCUT2D eigenvalue weighted by molar-refractivity contribution is 6.34. The Balaban J connectivity index is 2.44. The van der Waals surface area contributed by atoms with Gasteiger partial charge in [-0.3, -0.25) is 4.79 Å². The maximum atomic E-state index is 11.8. The van der Waals surface area contributed by atoms with E-state index in [9.17, 15) is 4.79 Å². The third kappa shape index (κ3) is 5.59. The van der Waals surface area contributed by atoms with Gasteiger partial charge in [-0.2, -0.15) is 0 Å². The zero-order chi connectivity index (χ0) is 14.3. The van der Waals surface area contributed by atoms with E-state index in [1.54, 1.807) is 7.11 Å². The molecule has 0 spiro atoms. The minimum Gasteiger partial charge on any atom is -0.385 e. The Labute approximate surface area is 119 Å². The molecule has 1 amide bonds. The van der Waals surface area contributed by atoms with Crippen molar-refractivity contribution < 1.29 is 9.53 Å². The molecule has 0 radical (unpaired) electrons. The summed E-state index contributed by atoms with van der Waals surface area (Å²) in [5.41, 5.74) is 2.74. The molecular weight excluding hydrogens is 264 g/mol. The Kier molecular flexibility index (Phi) is 6.84. The van der Waals surface area contributed by atoms with Crippen LogP contribution >= 0.6 is 11.6 Å². The molecule has 0 aliphatic carbocycles. The number of anilines is 1. The number of ether oxygens (including phenoxy) is 1. The summed E-state index contributed by atoms with van der Waals surface area (Å²) in [6.45, 7) is 5.62. The number of nitrogens with one attached hydrogen (secondary N) is 2. The zero-order valence-corrected chi connectivity index (χ0v) is 12.4. The van der Waals surface area contributed by atoms with Crippen LogP contribution in [0.15, 0.2) is 12.1 Å². The van der Waals surface area contributed by atoms with Crippen LogP contribution < -0.4 is 10.6 Å². The van der Waals surface area contributed by atoms with Crippen LogP contribution in [0, 0.1) is 13.8 Å². The number of aryl methyl sites for hydroxylation is 2. The van der Waals surface area contributed by atoms with E-state index in [4.69, 9.17) is 16.3 Å². The molecule has 0 aliphatic heterocycles. The Morgan fingerprint density at radius 3 is 2.74 bits per heavy atom. The molecule has 0 bridgehead atoms. The van der Waals surface area contributed by atoms with Gasteiger partial charge in [-0.15, -0.1) is 0 Å². The number of methoxy groups -OCH3 is 1. The van der Waals surface area contributed by atoms with E-state index in [-0.39, 0.29) is 12.5 Å². The molecule has 5 heteroatoms. The predicted octanol–water partition coefficient (Wildman–Crippen LogP) is 2.52. The summed E-state index contributed by atoms with van der Waals surface area (Å²) in [6.07, 6.45) is 0.883. The number of hydrogen-bond donors (Lipinski definition) is 2. The highest BCUT2D eigenvalue weighted by Crippen LogP contribution is 2.27. The van der Waals surface area contributed by atoms with E-state index in [2.05, 4.69) is 10.6 Å². The number of amides is 1. The smallest absolute Gasteiger partial charge is 0.238 e. The maximum Gasteiger partial charge on any atom is 0.238 e. The monoisotopic (exact) mass is 284 g/mol. The molecule has 1 aromatic rings. The average Bonchev–Trinajstić information content (AvgIpc) is 2.33. The van der Waals surface area contributed by atoms with Gasteiger partial charge >= 0.3 is 0 Å². The predicted molar refractivity (Wildman–Crippen MR) is 78.9 cm³/mol. The number of halogens is 1. The van der Waals surface area contributed by atoms with Gasteiger partial charge in [-0.25, -0.2) is 0 Å². The third-order valence-corrected chi connectivity index (χ3v) is 2.98. The molecular formula is C14H21ClN2O2. The van der Waals surface area contributed by atoms with Crippen LogP contribution in [0.3, 0.4) is 0 Å². The topological polar surface area (TPSA) is 50.4 Å². The van der Waals surface area contributed by atoms with Crippen molar-refractivity contribution in [3.63, 3.8) is 0 Å². The van der Waals surface area contributed by atoms with Gasteiger partial charge in [0.2, 0.25) is 5.91 Å². The van der Waals surface area contributed by atoms with E-state index < -0.39 is 0 Å². The van der Waals surface area contributed by atoms with Gasteiger partial charge in [-0.05, 0) is 44.0 Å². The maximum absolute atomic E-state index is 11.8. The lowest BCUT2D eigenvalue weighted by molar-refractivity contribution is -0.115. The van der Waals surface area contributed by atoms with Crippen molar-refractivity contribution in [3.8, 4) is 0 Å². The fourth-order valence-electron chi connectivity index (χ4n) is 1.80. The van der Waals surface area contributed by atoms with Crippen molar-refractivity contribution in [3.05, 3.63) is 28.3 Å². The van der Waals surface area contributed by atoms with Crippen LogP contribution in [0.1, 0.15) is 17.5 Å². The molecule has 0 unspecified atom stereocenters. The van der Waals surface area contributed by atoms with Crippen molar-refractivity contribution >= 4 is 23.2 Å². The van der Waals surface area contributed by atoms with Gasteiger partial charge < -0.3 is 15.4 Å². The highest BCUT2D eigenvalue weighted by Gasteiger charge is 2.08. The molecule has 4 nitrogen and oxygen atoms in total. The Morgan fingerprint density at radius 2 is 2.11 bits per heavy atom. The first-order chi connectivity index (χ1) is 9.04. The average molecular weight is 285 g/mol. The molecule has 0 atom stereocenters. The number of carbonyl (C=O) groups is 1. The fourth-order valence-corrected chi connectivity index (χ4v) is 2.17. The molecule has 1 rings (SSSR count). The molecule has 0 aromatic heterocycles.